The number of rotatable bonds is 15. The van der Waals surface area contributed by atoms with Crippen molar-refractivity contribution in [3.05, 3.63) is 149 Å². The van der Waals surface area contributed by atoms with Crippen molar-refractivity contribution in [2.45, 2.75) is 64.2 Å². The Bertz CT molecular complexity index is 1690. The summed E-state index contributed by atoms with van der Waals surface area (Å²) in [6, 6.07) is 13.6. The molecule has 1 fully saturated rings. The van der Waals surface area contributed by atoms with Crippen LogP contribution in [-0.4, -0.2) is 48.9 Å². The lowest BCUT2D eigenvalue weighted by molar-refractivity contribution is 0.0994. The van der Waals surface area contributed by atoms with E-state index in [1.54, 1.807) is 12.1 Å². The summed E-state index contributed by atoms with van der Waals surface area (Å²) < 4.78 is 0. The number of likely N-dealkylation sites (N-methyl/N-ethyl adjacent to an activating group) is 1. The van der Waals surface area contributed by atoms with Crippen molar-refractivity contribution in [2.75, 3.05) is 20.1 Å². The second kappa shape index (κ2) is 17.3. The summed E-state index contributed by atoms with van der Waals surface area (Å²) >= 11 is 6.75. The number of carbonyl (C=O) groups is 1. The molecule has 4 rings (SSSR count). The Labute approximate surface area is 295 Å². The highest BCUT2D eigenvalue weighted by atomic mass is 35.5. The van der Waals surface area contributed by atoms with Crippen LogP contribution in [0, 0.1) is 0 Å². The van der Waals surface area contributed by atoms with Gasteiger partial charge in [-0.05, 0) is 72.6 Å². The average molecular weight is 658 g/mol. The maximum absolute atomic E-state index is 13.5. The summed E-state index contributed by atoms with van der Waals surface area (Å²) in [5, 5.41) is 3.55. The number of ketones is 1. The van der Waals surface area contributed by atoms with Gasteiger partial charge in [0, 0.05) is 66.6 Å². The molecule has 2 aliphatic rings. The predicted molar refractivity (Wildman–Crippen MR) is 207 cm³/mol. The van der Waals surface area contributed by atoms with Crippen molar-refractivity contribution < 1.29 is 4.79 Å². The van der Waals surface area contributed by atoms with Gasteiger partial charge in [0.1, 0.15) is 7.85 Å². The maximum atomic E-state index is 13.5. The van der Waals surface area contributed by atoms with Crippen molar-refractivity contribution >= 4 is 42.3 Å². The molecular formula is C42H49BClN3O. The number of hydrogen-bond donors (Lipinski definition) is 1. The number of nitrogens with one attached hydrogen (secondary N) is 1. The van der Waals surface area contributed by atoms with Gasteiger partial charge < -0.3 is 15.1 Å². The van der Waals surface area contributed by atoms with Gasteiger partial charge in [0.15, 0.2) is 5.78 Å². The van der Waals surface area contributed by atoms with Crippen molar-refractivity contribution in [3.63, 3.8) is 0 Å². The number of hydrogen-bond acceptors (Lipinski definition) is 4. The number of allylic oxidation sites excluding steroid dienone is 7. The van der Waals surface area contributed by atoms with E-state index in [-0.39, 0.29) is 17.6 Å². The number of alkyl halides is 1. The molecule has 1 saturated heterocycles. The van der Waals surface area contributed by atoms with Gasteiger partial charge in [-0.3, -0.25) is 4.79 Å². The molecule has 1 atom stereocenters. The molecule has 48 heavy (non-hydrogen) atoms. The van der Waals surface area contributed by atoms with E-state index in [4.69, 9.17) is 19.4 Å². The number of piperidine rings is 1. The second-order valence-corrected chi connectivity index (χ2v) is 13.1. The first-order valence-corrected chi connectivity index (χ1v) is 17.4. The molecule has 0 spiro atoms. The lowest BCUT2D eigenvalue weighted by atomic mass is 9.84. The number of halogens is 1. The van der Waals surface area contributed by atoms with Crippen LogP contribution in [-0.2, 0) is 6.42 Å². The van der Waals surface area contributed by atoms with Gasteiger partial charge in [0.2, 0.25) is 0 Å². The lowest BCUT2D eigenvalue weighted by Crippen LogP contribution is -2.29. The molecule has 4 nitrogen and oxygen atoms in total. The molecule has 248 valence electrons. The molecule has 0 aliphatic carbocycles. The third kappa shape index (κ3) is 8.82. The zero-order chi connectivity index (χ0) is 34.8. The van der Waals surface area contributed by atoms with Crippen LogP contribution < -0.4 is 10.8 Å². The van der Waals surface area contributed by atoms with Crippen molar-refractivity contribution in [3.8, 4) is 0 Å². The Balaban J connectivity index is 1.69. The standard InChI is InChI=1S/C42H49BClN3O/c1-8-32(29(5)47-23-13-12-14-24-47)21-22-36(11-4)45-39-28-37(40(27-35(44)10-3)46(7)30(39)6)34-19-15-17-31(25-34)26-41(48)42-33(9-2)18-16-20-38(42)43/h9,11,15-22,25,28,35,45H,2,4-6,8,10,12-14,23-24,26-27H2,1,3,7H3/b32-21+,36-22+. The van der Waals surface area contributed by atoms with Gasteiger partial charge in [-0.2, -0.15) is 0 Å². The summed E-state index contributed by atoms with van der Waals surface area (Å²) in [5.41, 5.74) is 10.6. The highest BCUT2D eigenvalue weighted by molar-refractivity contribution is 6.37. The lowest BCUT2D eigenvalue weighted by Gasteiger charge is -2.34. The average Bonchev–Trinajstić information content (AvgIpc) is 3.10. The minimum absolute atomic E-state index is 0.0365. The fourth-order valence-corrected chi connectivity index (χ4v) is 6.44. The number of likely N-dealkylation sites (tertiary alicyclic amines) is 1. The van der Waals surface area contributed by atoms with Crippen molar-refractivity contribution in [1.82, 2.24) is 15.1 Å². The fourth-order valence-electron chi connectivity index (χ4n) is 6.29. The molecule has 1 N–H and O–H groups in total. The van der Waals surface area contributed by atoms with E-state index in [0.29, 0.717) is 17.4 Å². The topological polar surface area (TPSA) is 35.6 Å². The van der Waals surface area contributed by atoms with Gasteiger partial charge in [-0.15, -0.1) is 11.6 Å². The van der Waals surface area contributed by atoms with E-state index in [2.05, 4.69) is 85.6 Å². The summed E-state index contributed by atoms with van der Waals surface area (Å²) in [7, 11) is 8.26. The zero-order valence-corrected chi connectivity index (χ0v) is 29.7. The molecular weight excluding hydrogens is 609 g/mol. The zero-order valence-electron chi connectivity index (χ0n) is 29.0. The summed E-state index contributed by atoms with van der Waals surface area (Å²) in [6.45, 7) is 23.2. The maximum Gasteiger partial charge on any atom is 0.167 e. The van der Waals surface area contributed by atoms with Gasteiger partial charge in [-0.25, -0.2) is 0 Å². The van der Waals surface area contributed by atoms with Crippen LogP contribution >= 0.6 is 11.6 Å². The molecule has 0 aromatic heterocycles. The Morgan fingerprint density at radius 2 is 1.81 bits per heavy atom. The van der Waals surface area contributed by atoms with E-state index in [1.807, 2.05) is 37.4 Å². The van der Waals surface area contributed by atoms with Crippen LogP contribution in [0.25, 0.3) is 11.6 Å². The van der Waals surface area contributed by atoms with Gasteiger partial charge in [-0.1, -0.05) is 100 Å². The quantitative estimate of drug-likeness (QED) is 0.0898. The Hall–Kier alpha value is -4.22. The Kier molecular flexibility index (Phi) is 13.2. The van der Waals surface area contributed by atoms with E-state index in [9.17, 15) is 4.79 Å². The number of Topliss-reactive ketones (excluding diaryl/α,β-unsaturated/α-hetero) is 1. The fraction of sp³-hybridized carbons (Fsp3) is 0.310. The number of nitrogens with zero attached hydrogens (tertiary/aromatic N) is 2. The first-order valence-electron chi connectivity index (χ1n) is 17.0. The van der Waals surface area contributed by atoms with E-state index >= 15 is 0 Å². The van der Waals surface area contributed by atoms with Crippen LogP contribution in [0.2, 0.25) is 0 Å². The normalized spacial score (nSPS) is 16.4. The Morgan fingerprint density at radius 1 is 1.08 bits per heavy atom. The second-order valence-electron chi connectivity index (χ2n) is 12.4. The third-order valence-electron chi connectivity index (χ3n) is 9.26. The van der Waals surface area contributed by atoms with Crippen molar-refractivity contribution in [1.29, 1.82) is 0 Å². The molecule has 2 aromatic carbocycles. The van der Waals surface area contributed by atoms with Gasteiger partial charge in [0.25, 0.3) is 0 Å². The van der Waals surface area contributed by atoms with Crippen LogP contribution in [0.1, 0.15) is 79.4 Å². The summed E-state index contributed by atoms with van der Waals surface area (Å²) in [6.07, 6.45) is 16.2. The third-order valence-corrected chi connectivity index (χ3v) is 9.72. The molecule has 0 saturated carbocycles. The van der Waals surface area contributed by atoms with Gasteiger partial charge in [0.05, 0.1) is 11.4 Å². The van der Waals surface area contributed by atoms with E-state index in [0.717, 1.165) is 76.7 Å². The highest BCUT2D eigenvalue weighted by Gasteiger charge is 2.25. The Morgan fingerprint density at radius 3 is 2.48 bits per heavy atom. The molecule has 0 bridgehead atoms. The predicted octanol–water partition coefficient (Wildman–Crippen LogP) is 9.01. The SMILES string of the molecule is [B]c1cccc(C=C)c1C(=O)Cc1cccc(C2=C(CC(Cl)CC)N(C)C(=C)C(N/C(C=C)=C/C=C(\CC)C(=C)N3CCCCC3)=C2)c1. The van der Waals surface area contributed by atoms with Crippen molar-refractivity contribution in [2.24, 2.45) is 0 Å². The van der Waals surface area contributed by atoms with Crippen LogP contribution in [0.4, 0.5) is 0 Å². The molecule has 2 radical (unpaired) electrons. The molecule has 2 aromatic rings. The van der Waals surface area contributed by atoms with Crippen LogP contribution in [0.3, 0.4) is 0 Å². The highest BCUT2D eigenvalue weighted by Crippen LogP contribution is 2.36. The first-order chi connectivity index (χ1) is 23.1. The minimum Gasteiger partial charge on any atom is -0.372 e. The smallest absolute Gasteiger partial charge is 0.167 e. The largest absolute Gasteiger partial charge is 0.372 e. The van der Waals surface area contributed by atoms with Gasteiger partial charge >= 0.3 is 0 Å². The van der Waals surface area contributed by atoms with E-state index in [1.165, 1.54) is 24.8 Å². The molecule has 1 unspecified atom stereocenters. The van der Waals surface area contributed by atoms with Crippen LogP contribution in [0.5, 0.6) is 0 Å². The number of benzene rings is 2. The minimum atomic E-state index is -0.0450. The molecule has 2 heterocycles. The molecule has 2 aliphatic heterocycles. The summed E-state index contributed by atoms with van der Waals surface area (Å²) in [5.74, 6) is -0.0450. The summed E-state index contributed by atoms with van der Waals surface area (Å²) in [4.78, 5) is 18.0. The molecule has 0 amide bonds. The van der Waals surface area contributed by atoms with E-state index < -0.39 is 0 Å². The van der Waals surface area contributed by atoms with Crippen LogP contribution in [0.15, 0.2) is 127 Å². The monoisotopic (exact) mass is 657 g/mol. The first kappa shape index (κ1) is 36.6. The molecule has 6 heteroatoms. The number of carbonyl (C=O) groups excluding carboxylic acids is 1.